The van der Waals surface area contributed by atoms with Gasteiger partial charge in [-0.05, 0) is 36.1 Å². The van der Waals surface area contributed by atoms with Crippen LogP contribution in [0.5, 0.6) is 0 Å². The van der Waals surface area contributed by atoms with Gasteiger partial charge in [-0.15, -0.1) is 0 Å². The number of aromatic amines is 1. The van der Waals surface area contributed by atoms with Crippen molar-refractivity contribution in [2.45, 2.75) is 20.4 Å². The molecular weight excluding hydrogens is 248 g/mol. The van der Waals surface area contributed by atoms with Crippen molar-refractivity contribution in [3.63, 3.8) is 0 Å². The molecule has 1 aromatic carbocycles. The van der Waals surface area contributed by atoms with Gasteiger partial charge in [0.15, 0.2) is 0 Å². The number of sulfonamides is 1. The molecule has 0 unspecified atom stereocenters. The van der Waals surface area contributed by atoms with Crippen LogP contribution in [0.15, 0.2) is 30.5 Å². The molecule has 0 aliphatic rings. The first kappa shape index (κ1) is 13.1. The van der Waals surface area contributed by atoms with Gasteiger partial charge in [0.1, 0.15) is 0 Å². The normalized spacial score (nSPS) is 12.4. The van der Waals surface area contributed by atoms with E-state index >= 15 is 0 Å². The summed E-state index contributed by atoms with van der Waals surface area (Å²) in [6.45, 7) is 4.48. The minimum atomic E-state index is -3.12. The number of fused-ring (bicyclic) bond motifs is 1. The molecular formula is C13H18N2O2S. The fourth-order valence-corrected chi connectivity index (χ4v) is 3.10. The molecule has 4 nitrogen and oxygen atoms in total. The van der Waals surface area contributed by atoms with Crippen molar-refractivity contribution in [1.29, 1.82) is 0 Å². The quantitative estimate of drug-likeness (QED) is 0.903. The first-order chi connectivity index (χ1) is 8.56. The number of aromatic nitrogens is 1. The maximum Gasteiger partial charge on any atom is 0.214 e. The van der Waals surface area contributed by atoms with E-state index in [2.05, 4.69) is 4.98 Å². The Balaban J connectivity index is 2.26. The fraction of sp³-hybridized carbons (Fsp3) is 0.385. The van der Waals surface area contributed by atoms with Crippen LogP contribution in [0.1, 0.15) is 19.4 Å². The number of hydrogen-bond acceptors (Lipinski definition) is 2. The van der Waals surface area contributed by atoms with E-state index in [1.807, 2.05) is 37.4 Å². The van der Waals surface area contributed by atoms with Crippen molar-refractivity contribution < 1.29 is 8.42 Å². The van der Waals surface area contributed by atoms with E-state index in [0.717, 1.165) is 16.5 Å². The molecule has 2 rings (SSSR count). The third-order valence-electron chi connectivity index (χ3n) is 3.09. The molecule has 0 atom stereocenters. The Hall–Kier alpha value is -1.33. The van der Waals surface area contributed by atoms with E-state index < -0.39 is 10.0 Å². The maximum atomic E-state index is 11.9. The van der Waals surface area contributed by atoms with Crippen molar-refractivity contribution in [3.05, 3.63) is 36.0 Å². The van der Waals surface area contributed by atoms with Crippen LogP contribution in [-0.4, -0.2) is 30.0 Å². The SMILES string of the molecule is CCN(Cc1ccc2[nH]ccc2c1)S(=O)(=O)CC. The van der Waals surface area contributed by atoms with E-state index in [4.69, 9.17) is 0 Å². The molecule has 0 saturated carbocycles. The highest BCUT2D eigenvalue weighted by Gasteiger charge is 2.18. The average molecular weight is 266 g/mol. The van der Waals surface area contributed by atoms with Crippen LogP contribution in [0.25, 0.3) is 10.9 Å². The largest absolute Gasteiger partial charge is 0.361 e. The third kappa shape index (κ3) is 2.57. The number of benzene rings is 1. The zero-order chi connectivity index (χ0) is 13.2. The molecule has 0 fully saturated rings. The van der Waals surface area contributed by atoms with E-state index in [0.29, 0.717) is 13.1 Å². The van der Waals surface area contributed by atoms with Gasteiger partial charge in [0.2, 0.25) is 10.0 Å². The molecule has 98 valence electrons. The van der Waals surface area contributed by atoms with Gasteiger partial charge in [0.25, 0.3) is 0 Å². The topological polar surface area (TPSA) is 53.2 Å². The molecule has 0 aliphatic heterocycles. The molecule has 1 aromatic heterocycles. The summed E-state index contributed by atoms with van der Waals surface area (Å²) in [6.07, 6.45) is 1.88. The van der Waals surface area contributed by atoms with Crippen molar-refractivity contribution in [3.8, 4) is 0 Å². The van der Waals surface area contributed by atoms with Crippen molar-refractivity contribution in [2.24, 2.45) is 0 Å². The maximum absolute atomic E-state index is 11.9. The Bertz CT molecular complexity index is 631. The Morgan fingerprint density at radius 2 is 2.00 bits per heavy atom. The lowest BCUT2D eigenvalue weighted by molar-refractivity contribution is 0.424. The number of hydrogen-bond donors (Lipinski definition) is 1. The molecule has 0 amide bonds. The summed E-state index contributed by atoms with van der Waals surface area (Å²) in [6, 6.07) is 7.97. The summed E-state index contributed by atoms with van der Waals surface area (Å²) >= 11 is 0. The van der Waals surface area contributed by atoms with Gasteiger partial charge in [0, 0.05) is 24.8 Å². The molecule has 0 bridgehead atoms. The van der Waals surface area contributed by atoms with Crippen LogP contribution in [-0.2, 0) is 16.6 Å². The Labute approximate surface area is 108 Å². The number of nitrogens with zero attached hydrogens (tertiary/aromatic N) is 1. The van der Waals surface area contributed by atoms with Crippen molar-refractivity contribution >= 4 is 20.9 Å². The summed E-state index contributed by atoms with van der Waals surface area (Å²) < 4.78 is 25.3. The monoisotopic (exact) mass is 266 g/mol. The van der Waals surface area contributed by atoms with E-state index in [-0.39, 0.29) is 5.75 Å². The van der Waals surface area contributed by atoms with E-state index in [9.17, 15) is 8.42 Å². The van der Waals surface area contributed by atoms with Crippen LogP contribution in [0.3, 0.4) is 0 Å². The molecule has 5 heteroatoms. The Morgan fingerprint density at radius 1 is 1.22 bits per heavy atom. The molecule has 0 radical (unpaired) electrons. The van der Waals surface area contributed by atoms with Gasteiger partial charge in [-0.25, -0.2) is 8.42 Å². The minimum Gasteiger partial charge on any atom is -0.361 e. The molecule has 18 heavy (non-hydrogen) atoms. The standard InChI is InChI=1S/C13H18N2O2S/c1-3-15(18(16,17)4-2)10-11-5-6-13-12(9-11)7-8-14-13/h5-9,14H,3-4,10H2,1-2H3. The lowest BCUT2D eigenvalue weighted by atomic mass is 10.1. The highest BCUT2D eigenvalue weighted by molar-refractivity contribution is 7.89. The summed E-state index contributed by atoms with van der Waals surface area (Å²) in [5.41, 5.74) is 2.08. The molecule has 0 aliphatic carbocycles. The molecule has 1 heterocycles. The van der Waals surface area contributed by atoms with Crippen LogP contribution >= 0.6 is 0 Å². The lowest BCUT2D eigenvalue weighted by Gasteiger charge is -2.19. The third-order valence-corrected chi connectivity index (χ3v) is 4.99. The summed E-state index contributed by atoms with van der Waals surface area (Å²) in [4.78, 5) is 3.12. The minimum absolute atomic E-state index is 0.146. The highest BCUT2D eigenvalue weighted by atomic mass is 32.2. The van der Waals surface area contributed by atoms with Crippen LogP contribution in [0.2, 0.25) is 0 Å². The van der Waals surface area contributed by atoms with Crippen molar-refractivity contribution in [1.82, 2.24) is 9.29 Å². The second-order valence-electron chi connectivity index (χ2n) is 4.23. The molecule has 0 saturated heterocycles. The van der Waals surface area contributed by atoms with E-state index in [1.165, 1.54) is 4.31 Å². The van der Waals surface area contributed by atoms with Gasteiger partial charge in [-0.2, -0.15) is 4.31 Å². The van der Waals surface area contributed by atoms with Crippen molar-refractivity contribution in [2.75, 3.05) is 12.3 Å². The fourth-order valence-electron chi connectivity index (χ4n) is 1.99. The van der Waals surface area contributed by atoms with Crippen LogP contribution < -0.4 is 0 Å². The number of rotatable bonds is 5. The molecule has 0 spiro atoms. The number of H-pyrrole nitrogens is 1. The second-order valence-corrected chi connectivity index (χ2v) is 6.48. The summed E-state index contributed by atoms with van der Waals surface area (Å²) in [5, 5.41) is 1.11. The average Bonchev–Trinajstić information content (AvgIpc) is 2.83. The summed E-state index contributed by atoms with van der Waals surface area (Å²) in [5.74, 6) is 0.146. The van der Waals surface area contributed by atoms with Gasteiger partial charge >= 0.3 is 0 Å². The van der Waals surface area contributed by atoms with Crippen LogP contribution in [0, 0.1) is 0 Å². The Kier molecular flexibility index (Phi) is 3.73. The number of nitrogens with one attached hydrogen (secondary N) is 1. The first-order valence-corrected chi connectivity index (χ1v) is 7.71. The highest BCUT2D eigenvalue weighted by Crippen LogP contribution is 2.17. The zero-order valence-corrected chi connectivity index (χ0v) is 11.5. The summed E-state index contributed by atoms with van der Waals surface area (Å²) in [7, 11) is -3.12. The zero-order valence-electron chi connectivity index (χ0n) is 10.7. The lowest BCUT2D eigenvalue weighted by Crippen LogP contribution is -2.31. The Morgan fingerprint density at radius 3 is 2.67 bits per heavy atom. The second kappa shape index (κ2) is 5.12. The van der Waals surface area contributed by atoms with Crippen LogP contribution in [0.4, 0.5) is 0 Å². The van der Waals surface area contributed by atoms with Gasteiger partial charge in [-0.3, -0.25) is 0 Å². The molecule has 1 N–H and O–H groups in total. The van der Waals surface area contributed by atoms with Gasteiger partial charge < -0.3 is 4.98 Å². The smallest absolute Gasteiger partial charge is 0.214 e. The van der Waals surface area contributed by atoms with Gasteiger partial charge in [0.05, 0.1) is 5.75 Å². The molecule has 2 aromatic rings. The van der Waals surface area contributed by atoms with E-state index in [1.54, 1.807) is 6.92 Å². The predicted molar refractivity (Wildman–Crippen MR) is 73.8 cm³/mol. The first-order valence-electron chi connectivity index (χ1n) is 6.10. The van der Waals surface area contributed by atoms with Gasteiger partial charge in [-0.1, -0.05) is 13.0 Å². The predicted octanol–water partition coefficient (Wildman–Crippen LogP) is 2.34.